The molecule has 0 aliphatic carbocycles. The average molecular weight is 396 g/mol. The van der Waals surface area contributed by atoms with Crippen LogP contribution in [0.3, 0.4) is 0 Å². The number of halogens is 3. The van der Waals surface area contributed by atoms with Crippen molar-refractivity contribution in [1.82, 2.24) is 5.01 Å². The van der Waals surface area contributed by atoms with Gasteiger partial charge in [0.25, 0.3) is 5.91 Å². The number of rotatable bonds is 3. The fraction of sp³-hybridized carbons (Fsp3) is 0.0909. The molecule has 1 aliphatic rings. The summed E-state index contributed by atoms with van der Waals surface area (Å²) >= 11 is 0. The molecule has 0 aromatic heterocycles. The molecular formula is C22H15F3N2O2. The van der Waals surface area contributed by atoms with E-state index in [2.05, 4.69) is 5.10 Å². The standard InChI is InChI=1S/C22H15F3N2O2/c23-17-7-1-14(2-8-17)20-13-22(29,16-5-11-19(25)12-6-16)27(26-20)21(28)15-3-9-18(24)10-4-15/h1-12,29H,13H2. The van der Waals surface area contributed by atoms with Crippen molar-refractivity contribution in [1.29, 1.82) is 0 Å². The average Bonchev–Trinajstić information content (AvgIpc) is 3.07. The minimum Gasteiger partial charge on any atom is -0.365 e. The molecule has 4 rings (SSSR count). The Kier molecular flexibility index (Phi) is 4.68. The Morgan fingerprint density at radius 1 is 0.828 bits per heavy atom. The van der Waals surface area contributed by atoms with Gasteiger partial charge in [-0.3, -0.25) is 4.79 Å². The van der Waals surface area contributed by atoms with Gasteiger partial charge in [-0.15, -0.1) is 0 Å². The second kappa shape index (κ2) is 7.18. The van der Waals surface area contributed by atoms with E-state index in [1.807, 2.05) is 0 Å². The van der Waals surface area contributed by atoms with Crippen molar-refractivity contribution in [3.05, 3.63) is 107 Å². The smallest absolute Gasteiger partial charge is 0.276 e. The molecule has 1 aliphatic heterocycles. The summed E-state index contributed by atoms with van der Waals surface area (Å²) in [4.78, 5) is 13.0. The highest BCUT2D eigenvalue weighted by molar-refractivity contribution is 6.05. The lowest BCUT2D eigenvalue weighted by Crippen LogP contribution is -2.43. The van der Waals surface area contributed by atoms with E-state index in [4.69, 9.17) is 0 Å². The zero-order chi connectivity index (χ0) is 20.6. The molecule has 4 nitrogen and oxygen atoms in total. The van der Waals surface area contributed by atoms with Gasteiger partial charge in [0.2, 0.25) is 0 Å². The van der Waals surface area contributed by atoms with E-state index in [1.54, 1.807) is 0 Å². The van der Waals surface area contributed by atoms with Crippen LogP contribution < -0.4 is 0 Å². The van der Waals surface area contributed by atoms with Crippen LogP contribution in [0.5, 0.6) is 0 Å². The van der Waals surface area contributed by atoms with Crippen LogP contribution in [-0.2, 0) is 5.72 Å². The van der Waals surface area contributed by atoms with Crippen LogP contribution >= 0.6 is 0 Å². The molecule has 1 atom stereocenters. The molecule has 1 unspecified atom stereocenters. The third-order valence-corrected chi connectivity index (χ3v) is 4.75. The number of carbonyl (C=O) groups excluding carboxylic acids is 1. The first-order valence-corrected chi connectivity index (χ1v) is 8.79. The summed E-state index contributed by atoms with van der Waals surface area (Å²) in [6.45, 7) is 0. The number of aliphatic hydroxyl groups is 1. The molecule has 7 heteroatoms. The van der Waals surface area contributed by atoms with Crippen molar-refractivity contribution in [2.45, 2.75) is 12.1 Å². The molecule has 0 saturated carbocycles. The van der Waals surface area contributed by atoms with Crippen LogP contribution in [0.2, 0.25) is 0 Å². The number of amides is 1. The van der Waals surface area contributed by atoms with Gasteiger partial charge < -0.3 is 5.11 Å². The maximum atomic E-state index is 13.4. The summed E-state index contributed by atoms with van der Waals surface area (Å²) in [5.41, 5.74) is -0.622. The minimum absolute atomic E-state index is 0.0861. The van der Waals surface area contributed by atoms with Crippen LogP contribution in [0.15, 0.2) is 77.9 Å². The Balaban J connectivity index is 1.78. The highest BCUT2D eigenvalue weighted by atomic mass is 19.1. The van der Waals surface area contributed by atoms with Gasteiger partial charge in [0.05, 0.1) is 5.71 Å². The van der Waals surface area contributed by atoms with Crippen LogP contribution in [0.25, 0.3) is 0 Å². The first-order valence-electron chi connectivity index (χ1n) is 8.79. The van der Waals surface area contributed by atoms with Gasteiger partial charge in [0, 0.05) is 17.5 Å². The zero-order valence-electron chi connectivity index (χ0n) is 15.0. The highest BCUT2D eigenvalue weighted by Crippen LogP contribution is 2.38. The van der Waals surface area contributed by atoms with Gasteiger partial charge >= 0.3 is 0 Å². The number of nitrogens with zero attached hydrogens (tertiary/aromatic N) is 2. The fourth-order valence-electron chi connectivity index (χ4n) is 3.22. The zero-order valence-corrected chi connectivity index (χ0v) is 15.0. The number of carbonyl (C=O) groups is 1. The molecule has 3 aromatic rings. The van der Waals surface area contributed by atoms with E-state index >= 15 is 0 Å². The summed E-state index contributed by atoms with van der Waals surface area (Å²) in [5.74, 6) is -2.09. The Bertz CT molecular complexity index is 1080. The maximum absolute atomic E-state index is 13.4. The lowest BCUT2D eigenvalue weighted by molar-refractivity contribution is -0.0765. The molecule has 0 spiro atoms. The number of hydrogen-bond donors (Lipinski definition) is 1. The second-order valence-corrected chi connectivity index (χ2v) is 6.68. The monoisotopic (exact) mass is 396 g/mol. The summed E-state index contributed by atoms with van der Waals surface area (Å²) in [6.07, 6.45) is -0.0861. The van der Waals surface area contributed by atoms with Gasteiger partial charge in [-0.1, -0.05) is 24.3 Å². The van der Waals surface area contributed by atoms with Crippen molar-refractivity contribution in [2.75, 3.05) is 0 Å². The Morgan fingerprint density at radius 2 is 1.31 bits per heavy atom. The maximum Gasteiger partial charge on any atom is 0.276 e. The van der Waals surface area contributed by atoms with Crippen molar-refractivity contribution in [3.8, 4) is 0 Å². The molecule has 3 aromatic carbocycles. The molecule has 0 bridgehead atoms. The van der Waals surface area contributed by atoms with Gasteiger partial charge in [0.1, 0.15) is 17.5 Å². The topological polar surface area (TPSA) is 52.9 Å². The van der Waals surface area contributed by atoms with Crippen molar-refractivity contribution in [2.24, 2.45) is 5.10 Å². The van der Waals surface area contributed by atoms with Gasteiger partial charge in [-0.2, -0.15) is 10.1 Å². The predicted octanol–water partition coefficient (Wildman–Crippen LogP) is 4.20. The molecule has 1 N–H and O–H groups in total. The predicted molar refractivity (Wildman–Crippen MR) is 100 cm³/mol. The first kappa shape index (κ1) is 18.9. The van der Waals surface area contributed by atoms with E-state index in [-0.39, 0.29) is 17.5 Å². The number of hydrazone groups is 1. The molecular weight excluding hydrogens is 381 g/mol. The van der Waals surface area contributed by atoms with E-state index in [1.165, 1.54) is 60.7 Å². The molecule has 0 fully saturated rings. The SMILES string of the molecule is O=C(c1ccc(F)cc1)N1N=C(c2ccc(F)cc2)CC1(O)c1ccc(F)cc1. The third-order valence-electron chi connectivity index (χ3n) is 4.75. The minimum atomic E-state index is -1.89. The number of hydrogen-bond acceptors (Lipinski definition) is 3. The van der Waals surface area contributed by atoms with Crippen LogP contribution in [0, 0.1) is 17.5 Å². The van der Waals surface area contributed by atoms with E-state index in [0.29, 0.717) is 11.3 Å². The van der Waals surface area contributed by atoms with Gasteiger partial charge in [-0.05, 0) is 54.1 Å². The highest BCUT2D eigenvalue weighted by Gasteiger charge is 2.46. The lowest BCUT2D eigenvalue weighted by Gasteiger charge is -2.31. The van der Waals surface area contributed by atoms with Gasteiger partial charge in [0.15, 0.2) is 5.72 Å². The Morgan fingerprint density at radius 3 is 1.86 bits per heavy atom. The molecule has 29 heavy (non-hydrogen) atoms. The van der Waals surface area contributed by atoms with E-state index in [9.17, 15) is 23.1 Å². The van der Waals surface area contributed by atoms with Crippen molar-refractivity contribution < 1.29 is 23.1 Å². The quantitative estimate of drug-likeness (QED) is 0.722. The summed E-state index contributed by atoms with van der Waals surface area (Å²) < 4.78 is 39.9. The molecule has 1 amide bonds. The lowest BCUT2D eigenvalue weighted by atomic mass is 9.94. The van der Waals surface area contributed by atoms with Crippen LogP contribution in [0.4, 0.5) is 13.2 Å². The Labute approximate surface area is 164 Å². The largest absolute Gasteiger partial charge is 0.365 e. The molecule has 0 saturated heterocycles. The first-order chi connectivity index (χ1) is 13.9. The molecule has 0 radical (unpaired) electrons. The Hall–Kier alpha value is -3.45. The van der Waals surface area contributed by atoms with Crippen molar-refractivity contribution in [3.63, 3.8) is 0 Å². The number of benzene rings is 3. The molecule has 146 valence electrons. The van der Waals surface area contributed by atoms with Crippen molar-refractivity contribution >= 4 is 11.6 Å². The summed E-state index contributed by atoms with van der Waals surface area (Å²) in [5, 5.41) is 16.6. The van der Waals surface area contributed by atoms with Gasteiger partial charge in [-0.25, -0.2) is 13.2 Å². The molecule has 1 heterocycles. The second-order valence-electron chi connectivity index (χ2n) is 6.68. The fourth-order valence-corrected chi connectivity index (χ4v) is 3.22. The summed E-state index contributed by atoms with van der Waals surface area (Å²) in [6, 6.07) is 15.4. The summed E-state index contributed by atoms with van der Waals surface area (Å²) in [7, 11) is 0. The van der Waals surface area contributed by atoms with E-state index in [0.717, 1.165) is 17.1 Å². The van der Waals surface area contributed by atoms with E-state index < -0.39 is 29.1 Å². The normalized spacial score (nSPS) is 18.6. The third kappa shape index (κ3) is 3.52. The van der Waals surface area contributed by atoms with Crippen LogP contribution in [0.1, 0.15) is 27.9 Å². The van der Waals surface area contributed by atoms with Crippen LogP contribution in [-0.4, -0.2) is 21.7 Å².